The van der Waals surface area contributed by atoms with E-state index in [0.717, 1.165) is 10.4 Å². The van der Waals surface area contributed by atoms with Crippen LogP contribution in [0.15, 0.2) is 59.5 Å². The van der Waals surface area contributed by atoms with Gasteiger partial charge < -0.3 is 10.1 Å². The second kappa shape index (κ2) is 9.30. The van der Waals surface area contributed by atoms with Crippen molar-refractivity contribution >= 4 is 27.9 Å². The third kappa shape index (κ3) is 5.39. The second-order valence-electron chi connectivity index (χ2n) is 6.08. The lowest BCUT2D eigenvalue weighted by Crippen LogP contribution is -2.41. The minimum Gasteiger partial charge on any atom is -0.444 e. The second-order valence-corrected chi connectivity index (χ2v) is 8.23. The molecule has 2 aromatic carbocycles. The molecule has 0 saturated heterocycles. The fourth-order valence-corrected chi connectivity index (χ4v) is 3.26. The van der Waals surface area contributed by atoms with Crippen molar-refractivity contribution in [1.82, 2.24) is 14.9 Å². The van der Waals surface area contributed by atoms with Gasteiger partial charge in [0.2, 0.25) is 16.1 Å². The largest absolute Gasteiger partial charge is 0.444 e. The number of nitrogens with one attached hydrogen (secondary N) is 2. The molecule has 0 aliphatic heterocycles. The molecule has 0 bridgehead atoms. The number of benzene rings is 2. The zero-order valence-corrected chi connectivity index (χ0v) is 16.9. The molecule has 154 valence electrons. The fraction of sp³-hybridized carbons (Fsp3) is 0.211. The molecule has 0 heterocycles. The predicted molar refractivity (Wildman–Crippen MR) is 105 cm³/mol. The van der Waals surface area contributed by atoms with Gasteiger partial charge in [-0.2, -0.15) is 0 Å². The van der Waals surface area contributed by atoms with Gasteiger partial charge in [-0.3, -0.25) is 10.1 Å². The van der Waals surface area contributed by atoms with Crippen LogP contribution in [-0.2, 0) is 19.6 Å². The van der Waals surface area contributed by atoms with E-state index in [9.17, 15) is 22.8 Å². The first kappa shape index (κ1) is 22.1. The first-order valence-electron chi connectivity index (χ1n) is 8.48. The Bertz CT molecular complexity index is 1010. The first-order chi connectivity index (χ1) is 13.7. The van der Waals surface area contributed by atoms with E-state index in [-0.39, 0.29) is 10.5 Å². The van der Waals surface area contributed by atoms with Gasteiger partial charge in [-0.1, -0.05) is 36.4 Å². The van der Waals surface area contributed by atoms with Crippen LogP contribution in [0, 0.1) is 0 Å². The van der Waals surface area contributed by atoms with Crippen molar-refractivity contribution in [2.45, 2.75) is 11.0 Å². The summed E-state index contributed by atoms with van der Waals surface area (Å²) in [5, 5.41) is 4.31. The lowest BCUT2D eigenvalue weighted by Gasteiger charge is -2.18. The van der Waals surface area contributed by atoms with Crippen LogP contribution in [0.25, 0.3) is 0 Å². The number of carbonyl (C=O) groups excluding carboxylic acids is 3. The van der Waals surface area contributed by atoms with Gasteiger partial charge in [-0.15, -0.1) is 0 Å². The van der Waals surface area contributed by atoms with Crippen LogP contribution in [0.4, 0.5) is 4.79 Å². The van der Waals surface area contributed by atoms with Gasteiger partial charge in [0.25, 0.3) is 5.91 Å². The van der Waals surface area contributed by atoms with Crippen molar-refractivity contribution in [1.29, 1.82) is 0 Å². The maximum Gasteiger partial charge on any atom is 0.339 e. The fourth-order valence-electron chi connectivity index (χ4n) is 2.31. The number of sulfonamides is 1. The number of hydrogen-bond donors (Lipinski definition) is 2. The molecule has 0 unspecified atom stereocenters. The Balaban J connectivity index is 2.33. The number of imide groups is 1. The number of nitrogens with zero attached hydrogens (tertiary/aromatic N) is 1. The summed E-state index contributed by atoms with van der Waals surface area (Å²) >= 11 is 0. The third-order valence-corrected chi connectivity index (χ3v) is 5.69. The number of rotatable bonds is 6. The zero-order chi connectivity index (χ0) is 21.6. The molecule has 0 aliphatic carbocycles. The Kier molecular flexibility index (Phi) is 7.08. The van der Waals surface area contributed by atoms with E-state index in [1.807, 2.05) is 0 Å². The summed E-state index contributed by atoms with van der Waals surface area (Å²) in [5.74, 6) is -1.76. The maximum absolute atomic E-state index is 12.6. The highest BCUT2D eigenvalue weighted by atomic mass is 32.2. The number of hydrogen-bond acceptors (Lipinski definition) is 6. The quantitative estimate of drug-likeness (QED) is 0.681. The highest BCUT2D eigenvalue weighted by Gasteiger charge is 2.27. The zero-order valence-electron chi connectivity index (χ0n) is 16.1. The molecule has 0 radical (unpaired) electrons. The molecule has 2 N–H and O–H groups in total. The maximum atomic E-state index is 12.6. The Morgan fingerprint density at radius 2 is 1.66 bits per heavy atom. The molecule has 2 aromatic rings. The molecule has 29 heavy (non-hydrogen) atoms. The normalized spacial score (nSPS) is 12.1. The molecule has 0 fully saturated rings. The molecule has 0 saturated carbocycles. The molecule has 10 heteroatoms. The van der Waals surface area contributed by atoms with Crippen LogP contribution in [-0.4, -0.2) is 51.8 Å². The van der Waals surface area contributed by atoms with Crippen molar-refractivity contribution in [2.75, 3.05) is 21.1 Å². The molecular weight excluding hydrogens is 398 g/mol. The molecule has 9 nitrogen and oxygen atoms in total. The van der Waals surface area contributed by atoms with E-state index in [0.29, 0.717) is 5.56 Å². The summed E-state index contributed by atoms with van der Waals surface area (Å²) in [6.45, 7) is 0. The SMILES string of the molecule is CNC(=O)NC(=O)[C@H](OC(=O)c1cccc(S(=O)(=O)N(C)C)c1)c1ccccc1. The lowest BCUT2D eigenvalue weighted by molar-refractivity contribution is -0.129. The van der Waals surface area contributed by atoms with Crippen LogP contribution in [0.2, 0.25) is 0 Å². The van der Waals surface area contributed by atoms with Crippen molar-refractivity contribution in [3.8, 4) is 0 Å². The monoisotopic (exact) mass is 419 g/mol. The summed E-state index contributed by atoms with van der Waals surface area (Å²) in [6.07, 6.45) is -1.41. The highest BCUT2D eigenvalue weighted by Crippen LogP contribution is 2.21. The molecule has 0 aliphatic rings. The van der Waals surface area contributed by atoms with Crippen molar-refractivity contribution < 1.29 is 27.5 Å². The van der Waals surface area contributed by atoms with Crippen LogP contribution >= 0.6 is 0 Å². The van der Waals surface area contributed by atoms with Crippen LogP contribution in [0.1, 0.15) is 22.0 Å². The van der Waals surface area contributed by atoms with Gasteiger partial charge in [0.15, 0.2) is 0 Å². The van der Waals surface area contributed by atoms with Crippen LogP contribution in [0.5, 0.6) is 0 Å². The molecule has 2 rings (SSSR count). The number of urea groups is 1. The Morgan fingerprint density at radius 3 is 2.24 bits per heavy atom. The summed E-state index contributed by atoms with van der Waals surface area (Å²) in [7, 11) is 0.320. The van der Waals surface area contributed by atoms with E-state index in [2.05, 4.69) is 10.6 Å². The van der Waals surface area contributed by atoms with E-state index in [1.54, 1.807) is 30.3 Å². The molecule has 3 amide bonds. The Morgan fingerprint density at radius 1 is 1.00 bits per heavy atom. The number of esters is 1. The minimum atomic E-state index is -3.76. The standard InChI is InChI=1S/C19H21N3O6S/c1-20-19(25)21-17(23)16(13-8-5-4-6-9-13)28-18(24)14-10-7-11-15(12-14)29(26,27)22(2)3/h4-12,16H,1-3H3,(H2,20,21,23,25)/t16-/m1/s1. The molecule has 0 aromatic heterocycles. The van der Waals surface area contributed by atoms with Crippen LogP contribution in [0.3, 0.4) is 0 Å². The number of carbonyl (C=O) groups is 3. The predicted octanol–water partition coefficient (Wildman–Crippen LogP) is 1.29. The summed E-state index contributed by atoms with van der Waals surface area (Å²) in [4.78, 5) is 36.5. The average Bonchev–Trinajstić information content (AvgIpc) is 2.72. The summed E-state index contributed by atoms with van der Waals surface area (Å²) in [5.41, 5.74) is 0.293. The number of amides is 3. The van der Waals surface area contributed by atoms with Gasteiger partial charge in [-0.05, 0) is 18.2 Å². The summed E-state index contributed by atoms with van der Waals surface area (Å²) in [6, 6.07) is 12.7. The summed E-state index contributed by atoms with van der Waals surface area (Å²) < 4.78 is 30.9. The van der Waals surface area contributed by atoms with Gasteiger partial charge in [0.05, 0.1) is 10.5 Å². The van der Waals surface area contributed by atoms with Gasteiger partial charge in [0, 0.05) is 26.7 Å². The molecule has 1 atom stereocenters. The van der Waals surface area contributed by atoms with E-state index in [1.165, 1.54) is 39.3 Å². The van der Waals surface area contributed by atoms with E-state index >= 15 is 0 Å². The smallest absolute Gasteiger partial charge is 0.339 e. The van der Waals surface area contributed by atoms with Crippen molar-refractivity contribution in [3.63, 3.8) is 0 Å². The van der Waals surface area contributed by atoms with Crippen molar-refractivity contribution in [3.05, 3.63) is 65.7 Å². The minimum absolute atomic E-state index is 0.0541. The highest BCUT2D eigenvalue weighted by molar-refractivity contribution is 7.89. The van der Waals surface area contributed by atoms with Crippen LogP contribution < -0.4 is 10.6 Å². The molecular formula is C19H21N3O6S. The Hall–Kier alpha value is -3.24. The molecule has 0 spiro atoms. The van der Waals surface area contributed by atoms with Gasteiger partial charge in [0.1, 0.15) is 0 Å². The van der Waals surface area contributed by atoms with Crippen molar-refractivity contribution in [2.24, 2.45) is 0 Å². The Labute approximate surface area is 168 Å². The third-order valence-electron chi connectivity index (χ3n) is 3.88. The van der Waals surface area contributed by atoms with Gasteiger partial charge in [-0.25, -0.2) is 22.3 Å². The number of ether oxygens (including phenoxy) is 1. The lowest BCUT2D eigenvalue weighted by atomic mass is 10.1. The topological polar surface area (TPSA) is 122 Å². The average molecular weight is 419 g/mol. The van der Waals surface area contributed by atoms with E-state index in [4.69, 9.17) is 4.74 Å². The van der Waals surface area contributed by atoms with Gasteiger partial charge >= 0.3 is 12.0 Å². The first-order valence-corrected chi connectivity index (χ1v) is 9.92. The van der Waals surface area contributed by atoms with E-state index < -0.39 is 34.0 Å².